The molecule has 13 heavy (non-hydrogen) atoms. The van der Waals surface area contributed by atoms with Crippen LogP contribution in [0, 0.1) is 6.92 Å². The third-order valence-corrected chi connectivity index (χ3v) is 2.16. The molecule has 0 rings (SSSR count). The van der Waals surface area contributed by atoms with Crippen LogP contribution in [0.15, 0.2) is 0 Å². The van der Waals surface area contributed by atoms with Crippen molar-refractivity contribution < 1.29 is 9.47 Å². The second-order valence-corrected chi connectivity index (χ2v) is 3.20. The van der Waals surface area contributed by atoms with Crippen molar-refractivity contribution in [2.24, 2.45) is 0 Å². The van der Waals surface area contributed by atoms with E-state index in [9.17, 15) is 0 Å². The molecule has 0 fully saturated rings. The van der Waals surface area contributed by atoms with Crippen molar-refractivity contribution in [2.45, 2.75) is 51.7 Å². The Bertz CT molecular complexity index is 98.3. The summed E-state index contributed by atoms with van der Waals surface area (Å²) in [5.74, 6) is 0. The van der Waals surface area contributed by atoms with Crippen LogP contribution in [-0.4, -0.2) is 25.9 Å². The zero-order valence-corrected chi connectivity index (χ0v) is 9.21. The molecule has 2 atom stereocenters. The van der Waals surface area contributed by atoms with Gasteiger partial charge in [-0.1, -0.05) is 26.7 Å². The van der Waals surface area contributed by atoms with Crippen molar-refractivity contribution in [3.05, 3.63) is 6.92 Å². The van der Waals surface area contributed by atoms with Gasteiger partial charge in [0.15, 0.2) is 0 Å². The van der Waals surface area contributed by atoms with Crippen molar-refractivity contribution in [1.82, 2.24) is 0 Å². The van der Waals surface area contributed by atoms with Gasteiger partial charge in [-0.15, -0.1) is 0 Å². The standard InChI is InChI=1S/C11H23O2/c1-5-8-10(12-4)11(9-6-2)13-7-3/h10-11H,2,5-9H2,1,3-4H3. The summed E-state index contributed by atoms with van der Waals surface area (Å²) in [5, 5.41) is 0. The Morgan fingerprint density at radius 2 is 1.85 bits per heavy atom. The Balaban J connectivity index is 3.94. The Kier molecular flexibility index (Phi) is 8.46. The maximum Gasteiger partial charge on any atom is 0.0836 e. The molecule has 0 amide bonds. The molecule has 0 bridgehead atoms. The Morgan fingerprint density at radius 3 is 2.23 bits per heavy atom. The van der Waals surface area contributed by atoms with Gasteiger partial charge in [-0.25, -0.2) is 0 Å². The van der Waals surface area contributed by atoms with Crippen LogP contribution in [0.5, 0.6) is 0 Å². The van der Waals surface area contributed by atoms with Crippen LogP contribution in [0.1, 0.15) is 39.5 Å². The van der Waals surface area contributed by atoms with Gasteiger partial charge in [0.1, 0.15) is 0 Å². The third-order valence-electron chi connectivity index (χ3n) is 2.16. The van der Waals surface area contributed by atoms with Gasteiger partial charge >= 0.3 is 0 Å². The maximum absolute atomic E-state index is 5.62. The zero-order valence-electron chi connectivity index (χ0n) is 9.21. The van der Waals surface area contributed by atoms with Crippen molar-refractivity contribution >= 4 is 0 Å². The fourth-order valence-corrected chi connectivity index (χ4v) is 1.53. The lowest BCUT2D eigenvalue weighted by atomic mass is 10.0. The number of hydrogen-bond donors (Lipinski definition) is 0. The largest absolute Gasteiger partial charge is 0.379 e. The first-order valence-electron chi connectivity index (χ1n) is 5.23. The van der Waals surface area contributed by atoms with Crippen LogP contribution in [0.2, 0.25) is 0 Å². The lowest BCUT2D eigenvalue weighted by molar-refractivity contribution is -0.0590. The van der Waals surface area contributed by atoms with E-state index >= 15 is 0 Å². The smallest absolute Gasteiger partial charge is 0.0836 e. The fraction of sp³-hybridized carbons (Fsp3) is 0.909. The molecule has 0 aliphatic heterocycles. The maximum atomic E-state index is 5.62. The highest BCUT2D eigenvalue weighted by Gasteiger charge is 2.19. The van der Waals surface area contributed by atoms with Crippen LogP contribution in [0.4, 0.5) is 0 Å². The molecule has 1 radical (unpaired) electrons. The second-order valence-electron chi connectivity index (χ2n) is 3.20. The quantitative estimate of drug-likeness (QED) is 0.581. The average molecular weight is 187 g/mol. The monoisotopic (exact) mass is 187 g/mol. The van der Waals surface area contributed by atoms with Crippen molar-refractivity contribution in [3.8, 4) is 0 Å². The lowest BCUT2D eigenvalue weighted by Gasteiger charge is -2.25. The Hall–Kier alpha value is -0.0800. The predicted octanol–water partition coefficient (Wildman–Crippen LogP) is 2.82. The molecule has 0 aliphatic carbocycles. The summed E-state index contributed by atoms with van der Waals surface area (Å²) in [4.78, 5) is 0. The summed E-state index contributed by atoms with van der Waals surface area (Å²) in [6.45, 7) is 8.80. The van der Waals surface area contributed by atoms with E-state index in [1.54, 1.807) is 7.11 Å². The summed E-state index contributed by atoms with van der Waals surface area (Å²) in [5.41, 5.74) is 0. The van der Waals surface area contributed by atoms with Crippen LogP contribution in [-0.2, 0) is 9.47 Å². The SMILES string of the molecule is [CH2]CCC(OCC)C(CCC)OC. The minimum absolute atomic E-state index is 0.229. The van der Waals surface area contributed by atoms with Crippen LogP contribution >= 0.6 is 0 Å². The van der Waals surface area contributed by atoms with Gasteiger partial charge < -0.3 is 9.47 Å². The molecule has 2 unspecified atom stereocenters. The summed E-state index contributed by atoms with van der Waals surface area (Å²) in [6, 6.07) is 0. The van der Waals surface area contributed by atoms with E-state index < -0.39 is 0 Å². The first kappa shape index (κ1) is 12.9. The van der Waals surface area contributed by atoms with Gasteiger partial charge in [-0.3, -0.25) is 0 Å². The first-order chi connectivity index (χ1) is 6.29. The van der Waals surface area contributed by atoms with E-state index in [-0.39, 0.29) is 12.2 Å². The van der Waals surface area contributed by atoms with E-state index in [0.717, 1.165) is 32.3 Å². The number of ether oxygens (including phenoxy) is 2. The number of methoxy groups -OCH3 is 1. The molecular weight excluding hydrogens is 164 g/mol. The highest BCUT2D eigenvalue weighted by molar-refractivity contribution is 4.70. The molecule has 0 aromatic carbocycles. The Morgan fingerprint density at radius 1 is 1.15 bits per heavy atom. The first-order valence-corrected chi connectivity index (χ1v) is 5.23. The fourth-order valence-electron chi connectivity index (χ4n) is 1.53. The van der Waals surface area contributed by atoms with Gasteiger partial charge in [0, 0.05) is 13.7 Å². The van der Waals surface area contributed by atoms with Gasteiger partial charge in [0.05, 0.1) is 12.2 Å². The molecule has 0 aliphatic rings. The van der Waals surface area contributed by atoms with Crippen LogP contribution < -0.4 is 0 Å². The molecule has 0 aromatic heterocycles. The highest BCUT2D eigenvalue weighted by atomic mass is 16.5. The molecule has 0 saturated heterocycles. The lowest BCUT2D eigenvalue weighted by Crippen LogP contribution is -2.30. The summed E-state index contributed by atoms with van der Waals surface area (Å²) in [7, 11) is 1.76. The minimum Gasteiger partial charge on any atom is -0.379 e. The average Bonchev–Trinajstić information content (AvgIpc) is 2.14. The molecule has 2 nitrogen and oxygen atoms in total. The Labute approximate surface area is 82.6 Å². The molecule has 0 aromatic rings. The van der Waals surface area contributed by atoms with Crippen molar-refractivity contribution in [3.63, 3.8) is 0 Å². The molecular formula is C11H23O2. The summed E-state index contributed by atoms with van der Waals surface area (Å²) < 4.78 is 11.0. The number of hydrogen-bond acceptors (Lipinski definition) is 2. The van der Waals surface area contributed by atoms with E-state index in [1.807, 2.05) is 6.92 Å². The van der Waals surface area contributed by atoms with Crippen molar-refractivity contribution in [1.29, 1.82) is 0 Å². The van der Waals surface area contributed by atoms with E-state index in [4.69, 9.17) is 9.47 Å². The summed E-state index contributed by atoms with van der Waals surface area (Å²) in [6.07, 6.45) is 4.58. The molecule has 0 heterocycles. The van der Waals surface area contributed by atoms with E-state index in [2.05, 4.69) is 13.8 Å². The molecule has 0 spiro atoms. The van der Waals surface area contributed by atoms with Crippen LogP contribution in [0.3, 0.4) is 0 Å². The summed E-state index contributed by atoms with van der Waals surface area (Å²) >= 11 is 0. The van der Waals surface area contributed by atoms with E-state index in [0.29, 0.717) is 0 Å². The molecule has 0 N–H and O–H groups in total. The van der Waals surface area contributed by atoms with Crippen molar-refractivity contribution in [2.75, 3.05) is 13.7 Å². The normalized spacial score (nSPS) is 15.7. The van der Waals surface area contributed by atoms with Gasteiger partial charge in [0.25, 0.3) is 0 Å². The minimum atomic E-state index is 0.229. The van der Waals surface area contributed by atoms with Gasteiger partial charge in [-0.2, -0.15) is 0 Å². The van der Waals surface area contributed by atoms with E-state index in [1.165, 1.54) is 0 Å². The molecule has 79 valence electrons. The predicted molar refractivity (Wildman–Crippen MR) is 55.7 cm³/mol. The second kappa shape index (κ2) is 8.52. The molecule has 2 heteroatoms. The van der Waals surface area contributed by atoms with Crippen LogP contribution in [0.25, 0.3) is 0 Å². The molecule has 0 saturated carbocycles. The highest BCUT2D eigenvalue weighted by Crippen LogP contribution is 2.14. The van der Waals surface area contributed by atoms with Gasteiger partial charge in [0.2, 0.25) is 0 Å². The van der Waals surface area contributed by atoms with Gasteiger partial charge in [-0.05, 0) is 19.8 Å². The third kappa shape index (κ3) is 5.27. The topological polar surface area (TPSA) is 18.5 Å². The number of rotatable bonds is 8. The zero-order chi connectivity index (χ0) is 10.1.